The number of carbonyl (C=O) groups is 3. The minimum absolute atomic E-state index is 0.0780. The summed E-state index contributed by atoms with van der Waals surface area (Å²) in [7, 11) is 0. The molecule has 0 saturated heterocycles. The second-order valence-electron chi connectivity index (χ2n) is 7.65. The molecule has 1 aliphatic heterocycles. The van der Waals surface area contributed by atoms with Crippen LogP contribution in [0.5, 0.6) is 5.75 Å². The zero-order chi connectivity index (χ0) is 22.1. The first-order valence-electron chi connectivity index (χ1n) is 10.1. The number of fused-ring (bicyclic) bond motifs is 1. The summed E-state index contributed by atoms with van der Waals surface area (Å²) in [5, 5.41) is 13.9. The highest BCUT2D eigenvalue weighted by Gasteiger charge is 2.44. The van der Waals surface area contributed by atoms with E-state index in [1.807, 2.05) is 0 Å². The van der Waals surface area contributed by atoms with Crippen molar-refractivity contribution < 1.29 is 24.0 Å². The number of benzene rings is 2. The van der Waals surface area contributed by atoms with E-state index < -0.39 is 34.4 Å². The molecule has 1 fully saturated rings. The lowest BCUT2D eigenvalue weighted by Gasteiger charge is -2.22. The van der Waals surface area contributed by atoms with E-state index in [1.54, 1.807) is 24.3 Å². The summed E-state index contributed by atoms with van der Waals surface area (Å²) < 4.78 is 5.94. The average Bonchev–Trinajstić information content (AvgIpc) is 3.34. The third kappa shape index (κ3) is 3.86. The maximum Gasteiger partial charge on any atom is 0.282 e. The fraction of sp³-hybridized carbons (Fsp3) is 0.318. The van der Waals surface area contributed by atoms with E-state index >= 15 is 0 Å². The first-order chi connectivity index (χ1) is 14.9. The van der Waals surface area contributed by atoms with Crippen LogP contribution in [-0.4, -0.2) is 39.7 Å². The van der Waals surface area contributed by atoms with Gasteiger partial charge in [0.25, 0.3) is 17.5 Å². The van der Waals surface area contributed by atoms with Gasteiger partial charge < -0.3 is 10.1 Å². The van der Waals surface area contributed by atoms with Gasteiger partial charge in [-0.05, 0) is 50.8 Å². The molecule has 1 aliphatic carbocycles. The van der Waals surface area contributed by atoms with Gasteiger partial charge in [0, 0.05) is 17.8 Å². The normalized spacial score (nSPS) is 16.9. The molecule has 1 atom stereocenters. The number of rotatable bonds is 6. The predicted molar refractivity (Wildman–Crippen MR) is 111 cm³/mol. The fourth-order valence-electron chi connectivity index (χ4n) is 4.00. The number of carbonyl (C=O) groups excluding carboxylic acids is 3. The largest absolute Gasteiger partial charge is 0.490 e. The molecule has 31 heavy (non-hydrogen) atoms. The van der Waals surface area contributed by atoms with Crippen molar-refractivity contribution in [1.82, 2.24) is 4.90 Å². The van der Waals surface area contributed by atoms with Crippen molar-refractivity contribution in [2.45, 2.75) is 44.8 Å². The highest BCUT2D eigenvalue weighted by Crippen LogP contribution is 2.32. The number of imide groups is 1. The molecule has 1 N–H and O–H groups in total. The Bertz CT molecular complexity index is 1080. The van der Waals surface area contributed by atoms with E-state index in [4.69, 9.17) is 4.74 Å². The lowest BCUT2D eigenvalue weighted by atomic mass is 10.1. The Morgan fingerprint density at radius 1 is 1.16 bits per heavy atom. The standard InChI is InChI=1S/C22H21N3O6/c1-13(24-21(27)17-10-5-11-18(25(29)30)19(17)22(24)28)20(26)23-14-6-4-9-16(12-14)31-15-7-2-3-8-15/h4-6,9-13,15H,2-3,7-8H2,1H3,(H,23,26). The van der Waals surface area contributed by atoms with Gasteiger partial charge in [-0.3, -0.25) is 29.4 Å². The van der Waals surface area contributed by atoms with Gasteiger partial charge >= 0.3 is 0 Å². The second kappa shape index (κ2) is 8.17. The molecule has 0 spiro atoms. The molecular formula is C22H21N3O6. The van der Waals surface area contributed by atoms with Crippen LogP contribution in [0.15, 0.2) is 42.5 Å². The number of nitro benzene ring substituents is 1. The summed E-state index contributed by atoms with van der Waals surface area (Å²) >= 11 is 0. The third-order valence-electron chi connectivity index (χ3n) is 5.59. The molecule has 0 aromatic heterocycles. The molecule has 3 amide bonds. The van der Waals surface area contributed by atoms with Crippen molar-refractivity contribution >= 4 is 29.1 Å². The molecule has 2 aromatic rings. The van der Waals surface area contributed by atoms with E-state index in [1.165, 1.54) is 19.1 Å². The van der Waals surface area contributed by atoms with Crippen LogP contribution >= 0.6 is 0 Å². The summed E-state index contributed by atoms with van der Waals surface area (Å²) in [5.41, 5.74) is -0.354. The number of nitrogens with one attached hydrogen (secondary N) is 1. The minimum atomic E-state index is -1.16. The van der Waals surface area contributed by atoms with Gasteiger partial charge in [0.1, 0.15) is 17.4 Å². The van der Waals surface area contributed by atoms with E-state index in [2.05, 4.69) is 5.32 Å². The van der Waals surface area contributed by atoms with Gasteiger partial charge in [0.05, 0.1) is 16.6 Å². The van der Waals surface area contributed by atoms with Gasteiger partial charge in [-0.15, -0.1) is 0 Å². The van der Waals surface area contributed by atoms with Crippen LogP contribution in [0.2, 0.25) is 0 Å². The average molecular weight is 423 g/mol. The summed E-state index contributed by atoms with van der Waals surface area (Å²) in [4.78, 5) is 49.6. The monoisotopic (exact) mass is 423 g/mol. The number of hydrogen-bond acceptors (Lipinski definition) is 6. The summed E-state index contributed by atoms with van der Waals surface area (Å²) in [6.45, 7) is 1.40. The molecule has 9 nitrogen and oxygen atoms in total. The Hall–Kier alpha value is -3.75. The highest BCUT2D eigenvalue weighted by atomic mass is 16.6. The summed E-state index contributed by atoms with van der Waals surface area (Å²) in [5.74, 6) is -1.54. The Morgan fingerprint density at radius 2 is 1.87 bits per heavy atom. The third-order valence-corrected chi connectivity index (χ3v) is 5.59. The maximum atomic E-state index is 12.8. The van der Waals surface area contributed by atoms with E-state index in [9.17, 15) is 24.5 Å². The number of nitrogens with zero attached hydrogens (tertiary/aromatic N) is 2. The van der Waals surface area contributed by atoms with Crippen LogP contribution in [0.25, 0.3) is 0 Å². The Balaban J connectivity index is 1.50. The van der Waals surface area contributed by atoms with E-state index in [0.29, 0.717) is 11.4 Å². The van der Waals surface area contributed by atoms with Crippen LogP contribution < -0.4 is 10.1 Å². The summed E-state index contributed by atoms with van der Waals surface area (Å²) in [6.07, 6.45) is 4.44. The van der Waals surface area contributed by atoms with E-state index in [-0.39, 0.29) is 17.2 Å². The van der Waals surface area contributed by atoms with Gasteiger partial charge in [-0.25, -0.2) is 0 Å². The van der Waals surface area contributed by atoms with Gasteiger partial charge in [-0.2, -0.15) is 0 Å². The second-order valence-corrected chi connectivity index (χ2v) is 7.65. The molecule has 4 rings (SSSR count). The molecule has 0 radical (unpaired) electrons. The lowest BCUT2D eigenvalue weighted by Crippen LogP contribution is -2.45. The number of amides is 3. The SMILES string of the molecule is CC(C(=O)Nc1cccc(OC2CCCC2)c1)N1C(=O)c2cccc([N+](=O)[O-])c2C1=O. The number of nitro groups is 1. The van der Waals surface area contributed by atoms with Crippen LogP contribution in [0, 0.1) is 10.1 Å². The van der Waals surface area contributed by atoms with Crippen LogP contribution in [0.3, 0.4) is 0 Å². The molecule has 9 heteroatoms. The fourth-order valence-corrected chi connectivity index (χ4v) is 4.00. The van der Waals surface area contributed by atoms with Crippen molar-refractivity contribution in [1.29, 1.82) is 0 Å². The Morgan fingerprint density at radius 3 is 2.58 bits per heavy atom. The molecule has 2 aromatic carbocycles. The minimum Gasteiger partial charge on any atom is -0.490 e. The Kier molecular flexibility index (Phi) is 5.41. The van der Waals surface area contributed by atoms with E-state index in [0.717, 1.165) is 36.6 Å². The first-order valence-corrected chi connectivity index (χ1v) is 10.1. The zero-order valence-electron chi connectivity index (χ0n) is 16.9. The molecular weight excluding hydrogens is 402 g/mol. The highest BCUT2D eigenvalue weighted by molar-refractivity contribution is 6.24. The van der Waals surface area contributed by atoms with Crippen LogP contribution in [0.1, 0.15) is 53.3 Å². The Labute approximate surface area is 178 Å². The molecule has 1 saturated carbocycles. The zero-order valence-corrected chi connectivity index (χ0v) is 16.9. The first kappa shape index (κ1) is 20.5. The molecule has 0 bridgehead atoms. The number of anilines is 1. The predicted octanol–water partition coefficient (Wildman–Crippen LogP) is 3.54. The molecule has 1 heterocycles. The molecule has 2 aliphatic rings. The molecule has 1 unspecified atom stereocenters. The maximum absolute atomic E-state index is 12.8. The van der Waals surface area contributed by atoms with Crippen molar-refractivity contribution in [3.05, 3.63) is 63.7 Å². The number of ether oxygens (including phenoxy) is 1. The smallest absolute Gasteiger partial charge is 0.282 e. The lowest BCUT2D eigenvalue weighted by molar-refractivity contribution is -0.385. The van der Waals surface area contributed by atoms with Crippen molar-refractivity contribution in [3.8, 4) is 5.75 Å². The van der Waals surface area contributed by atoms with Crippen molar-refractivity contribution in [2.75, 3.05) is 5.32 Å². The quantitative estimate of drug-likeness (QED) is 0.431. The van der Waals surface area contributed by atoms with Crippen LogP contribution in [-0.2, 0) is 4.79 Å². The van der Waals surface area contributed by atoms with Gasteiger partial charge in [0.2, 0.25) is 5.91 Å². The van der Waals surface area contributed by atoms with Crippen molar-refractivity contribution in [2.24, 2.45) is 0 Å². The summed E-state index contributed by atoms with van der Waals surface area (Å²) in [6, 6.07) is 9.61. The molecule has 160 valence electrons. The van der Waals surface area contributed by atoms with Gasteiger partial charge in [-0.1, -0.05) is 12.1 Å². The van der Waals surface area contributed by atoms with Crippen molar-refractivity contribution in [3.63, 3.8) is 0 Å². The number of hydrogen-bond donors (Lipinski definition) is 1. The van der Waals surface area contributed by atoms with Gasteiger partial charge in [0.15, 0.2) is 0 Å². The topological polar surface area (TPSA) is 119 Å². The van der Waals surface area contributed by atoms with Crippen LogP contribution in [0.4, 0.5) is 11.4 Å².